The molecule has 54 valence electrons. The van der Waals surface area contributed by atoms with Gasteiger partial charge in [0.15, 0.2) is 0 Å². The van der Waals surface area contributed by atoms with Crippen LogP contribution in [0.15, 0.2) is 41.3 Å². The summed E-state index contributed by atoms with van der Waals surface area (Å²) in [6.07, 6.45) is 5.32. The van der Waals surface area contributed by atoms with Gasteiger partial charge in [0, 0.05) is 0 Å². The van der Waals surface area contributed by atoms with E-state index in [1.165, 1.54) is 0 Å². The molecule has 0 aliphatic heterocycles. The van der Waals surface area contributed by atoms with Crippen molar-refractivity contribution in [2.75, 3.05) is 0 Å². The van der Waals surface area contributed by atoms with E-state index >= 15 is 0 Å². The van der Waals surface area contributed by atoms with Crippen molar-refractivity contribution in [2.45, 2.75) is 13.8 Å². The maximum Gasteiger partial charge on any atom is 0.100 e. The molecule has 0 fully saturated rings. The van der Waals surface area contributed by atoms with Crippen molar-refractivity contribution in [3.63, 3.8) is 0 Å². The van der Waals surface area contributed by atoms with Crippen molar-refractivity contribution in [2.24, 2.45) is 5.18 Å². The molecule has 0 aliphatic rings. The molecule has 0 unspecified atom stereocenters. The normalized spacial score (nSPS) is 12.0. The molecule has 0 aromatic heterocycles. The highest BCUT2D eigenvalue weighted by atomic mass is 16.3. The predicted octanol–water partition coefficient (Wildman–Crippen LogP) is 2.79. The highest BCUT2D eigenvalue weighted by Gasteiger charge is 1.81. The van der Waals surface area contributed by atoms with Crippen molar-refractivity contribution in [1.82, 2.24) is 0 Å². The summed E-state index contributed by atoms with van der Waals surface area (Å²) in [5.41, 5.74) is 1.34. The first-order valence-corrected chi connectivity index (χ1v) is 3.04. The zero-order valence-electron chi connectivity index (χ0n) is 6.29. The summed E-state index contributed by atoms with van der Waals surface area (Å²) >= 11 is 0. The Balaban J connectivity index is 4.00. The highest BCUT2D eigenvalue weighted by Crippen LogP contribution is 1.99. The lowest BCUT2D eigenvalue weighted by Crippen LogP contribution is -1.67. The second-order valence-electron chi connectivity index (χ2n) is 1.95. The Morgan fingerprint density at radius 1 is 1.50 bits per heavy atom. The third-order valence-corrected chi connectivity index (χ3v) is 1.11. The minimum Gasteiger partial charge on any atom is -0.145 e. The van der Waals surface area contributed by atoms with E-state index in [-0.39, 0.29) is 5.70 Å². The van der Waals surface area contributed by atoms with Gasteiger partial charge in [0.05, 0.1) is 0 Å². The fraction of sp³-hybridized carbons (Fsp3) is 0.250. The molecule has 2 heteroatoms. The zero-order chi connectivity index (χ0) is 7.98. The van der Waals surface area contributed by atoms with E-state index in [9.17, 15) is 4.91 Å². The molecule has 2 nitrogen and oxygen atoms in total. The second-order valence-corrected chi connectivity index (χ2v) is 1.95. The predicted molar refractivity (Wildman–Crippen MR) is 43.5 cm³/mol. The lowest BCUT2D eigenvalue weighted by atomic mass is 10.2. The standard InChI is InChI=1S/C8H11NO/c1-4-7(2)5-6-8(3)9-10/h4-6H,3H2,1-2H3/b6-5-,7-4-. The molecule has 0 atom stereocenters. The lowest BCUT2D eigenvalue weighted by molar-refractivity contribution is 1.39. The van der Waals surface area contributed by atoms with Crippen molar-refractivity contribution < 1.29 is 0 Å². The number of hydrogen-bond acceptors (Lipinski definition) is 2. The van der Waals surface area contributed by atoms with E-state index in [1.807, 2.05) is 19.9 Å². The van der Waals surface area contributed by atoms with Crippen LogP contribution >= 0.6 is 0 Å². The van der Waals surface area contributed by atoms with Gasteiger partial charge >= 0.3 is 0 Å². The van der Waals surface area contributed by atoms with Gasteiger partial charge in [-0.2, -0.15) is 0 Å². The molecule has 10 heavy (non-hydrogen) atoms. The molecule has 0 aromatic carbocycles. The summed E-state index contributed by atoms with van der Waals surface area (Å²) in [5.74, 6) is 0. The van der Waals surface area contributed by atoms with Gasteiger partial charge in [0.25, 0.3) is 0 Å². The quantitative estimate of drug-likeness (QED) is 0.434. The summed E-state index contributed by atoms with van der Waals surface area (Å²) in [6.45, 7) is 7.25. The molecular formula is C8H11NO. The second kappa shape index (κ2) is 4.68. The average Bonchev–Trinajstić information content (AvgIpc) is 1.99. The van der Waals surface area contributed by atoms with Crippen molar-refractivity contribution in [3.05, 3.63) is 41.0 Å². The number of allylic oxidation sites excluding steroid dienone is 4. The molecule has 0 rings (SSSR count). The van der Waals surface area contributed by atoms with Crippen LogP contribution in [0, 0.1) is 4.91 Å². The van der Waals surface area contributed by atoms with Crippen LogP contribution in [0.1, 0.15) is 13.8 Å². The Kier molecular flexibility index (Phi) is 4.12. The van der Waals surface area contributed by atoms with Crippen LogP contribution in [-0.2, 0) is 0 Å². The fourth-order valence-corrected chi connectivity index (χ4v) is 0.354. The third kappa shape index (κ3) is 3.78. The fourth-order valence-electron chi connectivity index (χ4n) is 0.354. The molecule has 0 N–H and O–H groups in total. The van der Waals surface area contributed by atoms with Crippen LogP contribution in [0.3, 0.4) is 0 Å². The van der Waals surface area contributed by atoms with Crippen molar-refractivity contribution in [3.8, 4) is 0 Å². The van der Waals surface area contributed by atoms with Gasteiger partial charge in [0.1, 0.15) is 5.70 Å². The highest BCUT2D eigenvalue weighted by molar-refractivity contribution is 5.23. The van der Waals surface area contributed by atoms with E-state index < -0.39 is 0 Å². The molecule has 0 heterocycles. The molecule has 0 saturated heterocycles. The summed E-state index contributed by atoms with van der Waals surface area (Å²) < 4.78 is 0. The monoisotopic (exact) mass is 137 g/mol. The van der Waals surface area contributed by atoms with Gasteiger partial charge in [-0.15, -0.1) is 4.91 Å². The van der Waals surface area contributed by atoms with E-state index in [0.29, 0.717) is 0 Å². The topological polar surface area (TPSA) is 29.4 Å². The number of hydrogen-bond donors (Lipinski definition) is 0. The van der Waals surface area contributed by atoms with Crippen molar-refractivity contribution >= 4 is 0 Å². The number of nitroso groups, excluding NO2 is 1. The van der Waals surface area contributed by atoms with Crippen LogP contribution in [0.2, 0.25) is 0 Å². The SMILES string of the molecule is C=C(/C=C\C(C)=C/C)N=O. The largest absolute Gasteiger partial charge is 0.145 e. The molecule has 0 aliphatic carbocycles. The van der Waals surface area contributed by atoms with Crippen LogP contribution in [0.25, 0.3) is 0 Å². The minimum atomic E-state index is 0.251. The van der Waals surface area contributed by atoms with Gasteiger partial charge in [0.2, 0.25) is 0 Å². The van der Waals surface area contributed by atoms with Gasteiger partial charge in [-0.3, -0.25) is 0 Å². The summed E-state index contributed by atoms with van der Waals surface area (Å²) in [5, 5.41) is 2.64. The number of nitrogens with zero attached hydrogens (tertiary/aromatic N) is 1. The Morgan fingerprint density at radius 2 is 2.10 bits per heavy atom. The van der Waals surface area contributed by atoms with Crippen LogP contribution < -0.4 is 0 Å². The molecule has 0 bridgehead atoms. The van der Waals surface area contributed by atoms with E-state index in [4.69, 9.17) is 0 Å². The van der Waals surface area contributed by atoms with Crippen LogP contribution in [0.5, 0.6) is 0 Å². The summed E-state index contributed by atoms with van der Waals surface area (Å²) in [4.78, 5) is 9.79. The summed E-state index contributed by atoms with van der Waals surface area (Å²) in [7, 11) is 0. The zero-order valence-corrected chi connectivity index (χ0v) is 6.29. The maximum atomic E-state index is 9.79. The smallest absolute Gasteiger partial charge is 0.100 e. The Morgan fingerprint density at radius 3 is 2.50 bits per heavy atom. The van der Waals surface area contributed by atoms with Gasteiger partial charge < -0.3 is 0 Å². The third-order valence-electron chi connectivity index (χ3n) is 1.11. The molecule has 0 amide bonds. The van der Waals surface area contributed by atoms with Gasteiger partial charge in [-0.05, 0) is 25.1 Å². The van der Waals surface area contributed by atoms with Crippen LogP contribution in [0.4, 0.5) is 0 Å². The molecule has 0 aromatic rings. The summed E-state index contributed by atoms with van der Waals surface area (Å²) in [6, 6.07) is 0. The molecule has 0 saturated carbocycles. The van der Waals surface area contributed by atoms with Gasteiger partial charge in [-0.1, -0.05) is 24.3 Å². The van der Waals surface area contributed by atoms with Gasteiger partial charge in [-0.25, -0.2) is 0 Å². The molecule has 0 radical (unpaired) electrons. The van der Waals surface area contributed by atoms with Crippen LogP contribution in [-0.4, -0.2) is 0 Å². The molecule has 0 spiro atoms. The Labute approximate surface area is 60.9 Å². The van der Waals surface area contributed by atoms with E-state index in [0.717, 1.165) is 5.57 Å². The minimum absolute atomic E-state index is 0.251. The molecular weight excluding hydrogens is 126 g/mol. The maximum absolute atomic E-state index is 9.79. The Bertz CT molecular complexity index is 185. The lowest BCUT2D eigenvalue weighted by Gasteiger charge is -1.85. The van der Waals surface area contributed by atoms with E-state index in [1.54, 1.807) is 12.2 Å². The first-order chi connectivity index (χ1) is 4.70. The average molecular weight is 137 g/mol. The van der Waals surface area contributed by atoms with Crippen molar-refractivity contribution in [1.29, 1.82) is 0 Å². The first kappa shape index (κ1) is 8.82. The number of rotatable bonds is 3. The van der Waals surface area contributed by atoms with E-state index in [2.05, 4.69) is 11.8 Å². The Hall–Kier alpha value is -1.18. The first-order valence-electron chi connectivity index (χ1n) is 3.04.